The van der Waals surface area contributed by atoms with E-state index in [-0.39, 0.29) is 0 Å². The second-order valence-corrected chi connectivity index (χ2v) is 14.3. The van der Waals surface area contributed by atoms with E-state index in [4.69, 9.17) is 4.98 Å². The maximum Gasteiger partial charge on any atom is 0.137 e. The Morgan fingerprint density at radius 2 is 0.944 bits per heavy atom. The number of benzene rings is 7. The average Bonchev–Trinajstić information content (AvgIpc) is 3.76. The predicted octanol–water partition coefficient (Wildman–Crippen LogP) is 13.6. The van der Waals surface area contributed by atoms with Crippen LogP contribution in [-0.4, -0.2) is 14.1 Å². The molecular formula is C51H39N3. The fraction of sp³-hybridized carbons (Fsp3) is 0.0784. The number of pyridine rings is 1. The lowest BCUT2D eigenvalue weighted by molar-refractivity contribution is 0.795. The second-order valence-electron chi connectivity index (χ2n) is 14.3. The van der Waals surface area contributed by atoms with Gasteiger partial charge in [-0.15, -0.1) is 0 Å². The Kier molecular flexibility index (Phi) is 7.91. The molecule has 258 valence electrons. The summed E-state index contributed by atoms with van der Waals surface area (Å²) in [6.45, 7) is 2.25. The van der Waals surface area contributed by atoms with Crippen molar-refractivity contribution in [3.63, 3.8) is 0 Å². The van der Waals surface area contributed by atoms with Crippen molar-refractivity contribution in [2.24, 2.45) is 0 Å². The molecule has 3 heteroatoms. The molecule has 0 aliphatic carbocycles. The Bertz CT molecular complexity index is 2930. The van der Waals surface area contributed by atoms with E-state index in [9.17, 15) is 0 Å². The minimum atomic E-state index is 0.901. The first-order valence-electron chi connectivity index (χ1n) is 19.0. The summed E-state index contributed by atoms with van der Waals surface area (Å²) >= 11 is 0. The predicted molar refractivity (Wildman–Crippen MR) is 228 cm³/mol. The largest absolute Gasteiger partial charge is 0.309 e. The van der Waals surface area contributed by atoms with Crippen molar-refractivity contribution in [1.82, 2.24) is 14.1 Å². The zero-order chi connectivity index (χ0) is 36.0. The monoisotopic (exact) mass is 693 g/mol. The van der Waals surface area contributed by atoms with Gasteiger partial charge in [0.05, 0.1) is 22.1 Å². The van der Waals surface area contributed by atoms with E-state index >= 15 is 0 Å². The third kappa shape index (κ3) is 5.40. The summed E-state index contributed by atoms with van der Waals surface area (Å²) in [5.41, 5.74) is 14.3. The lowest BCUT2D eigenvalue weighted by Gasteiger charge is -2.13. The van der Waals surface area contributed by atoms with Gasteiger partial charge < -0.3 is 4.57 Å². The van der Waals surface area contributed by atoms with Crippen LogP contribution in [0.2, 0.25) is 0 Å². The Balaban J connectivity index is 1.12. The number of hydrogen-bond acceptors (Lipinski definition) is 1. The molecule has 0 bridgehead atoms. The number of para-hydroxylation sites is 3. The molecule has 0 unspecified atom stereocenters. The van der Waals surface area contributed by atoms with Crippen LogP contribution in [0.4, 0.5) is 0 Å². The number of fused-ring (bicyclic) bond motifs is 7. The van der Waals surface area contributed by atoms with Crippen LogP contribution in [0.25, 0.3) is 88.5 Å². The van der Waals surface area contributed by atoms with Gasteiger partial charge in [0.1, 0.15) is 5.82 Å². The quantitative estimate of drug-likeness (QED) is 0.155. The molecule has 0 saturated carbocycles. The summed E-state index contributed by atoms with van der Waals surface area (Å²) in [5, 5.41) is 4.99. The molecule has 7 aromatic carbocycles. The normalized spacial score (nSPS) is 11.6. The van der Waals surface area contributed by atoms with Crippen molar-refractivity contribution in [1.29, 1.82) is 0 Å². The summed E-state index contributed by atoms with van der Waals surface area (Å²) in [6, 6.07) is 63.9. The molecule has 10 rings (SSSR count). The minimum absolute atomic E-state index is 0.901. The van der Waals surface area contributed by atoms with Crippen molar-refractivity contribution < 1.29 is 0 Å². The first-order chi connectivity index (χ1) is 26.7. The van der Waals surface area contributed by atoms with E-state index < -0.39 is 0 Å². The number of aromatic nitrogens is 3. The highest BCUT2D eigenvalue weighted by atomic mass is 15.1. The van der Waals surface area contributed by atoms with Crippen LogP contribution in [0.1, 0.15) is 25.3 Å². The molecule has 0 amide bonds. The van der Waals surface area contributed by atoms with Crippen LogP contribution < -0.4 is 0 Å². The molecule has 3 heterocycles. The van der Waals surface area contributed by atoms with E-state index in [1.54, 1.807) is 0 Å². The maximum absolute atomic E-state index is 5.20. The van der Waals surface area contributed by atoms with E-state index in [0.29, 0.717) is 0 Å². The minimum Gasteiger partial charge on any atom is -0.309 e. The first-order valence-corrected chi connectivity index (χ1v) is 19.0. The van der Waals surface area contributed by atoms with Crippen LogP contribution >= 0.6 is 0 Å². The molecular weight excluding hydrogens is 655 g/mol. The average molecular weight is 694 g/mol. The Morgan fingerprint density at radius 1 is 0.426 bits per heavy atom. The summed E-state index contributed by atoms with van der Waals surface area (Å²) < 4.78 is 4.72. The first kappa shape index (κ1) is 32.0. The van der Waals surface area contributed by atoms with Gasteiger partial charge in [-0.05, 0) is 113 Å². The highest BCUT2D eigenvalue weighted by molar-refractivity contribution is 6.28. The standard InChI is InChI=1S/C51H39N3/c1-2-3-14-35-23-25-37(26-24-35)40-31-39(36-15-6-4-7-16-36)32-41(33-40)38-27-30-49(52-34-38)54-46-22-13-11-20-44(46)51-48(54)29-28-47-50(51)43-19-10-12-21-45(43)53(47)42-17-8-5-9-18-42/h4-13,15-34H,2-3,14H2,1H3. The lowest BCUT2D eigenvalue weighted by Crippen LogP contribution is -1.97. The number of unbranched alkanes of at least 4 members (excludes halogenated alkanes) is 1. The SMILES string of the molecule is CCCCc1ccc(-c2cc(-c3ccccc3)cc(-c3ccc(-n4c5ccccc5c5c6c7ccccc7n(-c7ccccc7)c6ccc54)nc3)c2)cc1. The summed E-state index contributed by atoms with van der Waals surface area (Å²) in [7, 11) is 0. The van der Waals surface area contributed by atoms with Crippen LogP contribution in [0.15, 0.2) is 182 Å². The van der Waals surface area contributed by atoms with Gasteiger partial charge in [-0.3, -0.25) is 4.57 Å². The molecule has 0 saturated heterocycles. The topological polar surface area (TPSA) is 22.8 Å². The highest BCUT2D eigenvalue weighted by Gasteiger charge is 2.20. The molecule has 0 atom stereocenters. The van der Waals surface area contributed by atoms with Crippen LogP contribution in [-0.2, 0) is 6.42 Å². The zero-order valence-corrected chi connectivity index (χ0v) is 30.3. The maximum atomic E-state index is 5.20. The Morgan fingerprint density at radius 3 is 1.56 bits per heavy atom. The van der Waals surface area contributed by atoms with Gasteiger partial charge >= 0.3 is 0 Å². The third-order valence-electron chi connectivity index (χ3n) is 10.9. The fourth-order valence-corrected chi connectivity index (χ4v) is 8.31. The highest BCUT2D eigenvalue weighted by Crippen LogP contribution is 2.42. The van der Waals surface area contributed by atoms with Gasteiger partial charge in [0.15, 0.2) is 0 Å². The molecule has 0 spiro atoms. The molecule has 0 radical (unpaired) electrons. The number of hydrogen-bond donors (Lipinski definition) is 0. The Labute approximate surface area is 315 Å². The summed E-state index contributed by atoms with van der Waals surface area (Å²) in [4.78, 5) is 5.20. The van der Waals surface area contributed by atoms with Gasteiger partial charge in [0.25, 0.3) is 0 Å². The van der Waals surface area contributed by atoms with E-state index in [0.717, 1.165) is 40.1 Å². The third-order valence-corrected chi connectivity index (χ3v) is 10.9. The van der Waals surface area contributed by atoms with Crippen molar-refractivity contribution >= 4 is 43.6 Å². The van der Waals surface area contributed by atoms with Crippen LogP contribution in [0.3, 0.4) is 0 Å². The fourth-order valence-electron chi connectivity index (χ4n) is 8.31. The lowest BCUT2D eigenvalue weighted by atomic mass is 9.93. The van der Waals surface area contributed by atoms with Crippen LogP contribution in [0.5, 0.6) is 0 Å². The molecule has 10 aromatic rings. The number of rotatable bonds is 8. The van der Waals surface area contributed by atoms with Crippen LogP contribution in [0, 0.1) is 0 Å². The smallest absolute Gasteiger partial charge is 0.137 e. The number of aryl methyl sites for hydroxylation is 1. The van der Waals surface area contributed by atoms with Crippen molar-refractivity contribution in [3.8, 4) is 44.9 Å². The van der Waals surface area contributed by atoms with Gasteiger partial charge in [-0.25, -0.2) is 4.98 Å². The molecule has 0 fully saturated rings. The van der Waals surface area contributed by atoms with Gasteiger partial charge in [-0.2, -0.15) is 0 Å². The van der Waals surface area contributed by atoms with Crippen molar-refractivity contribution in [3.05, 3.63) is 188 Å². The zero-order valence-electron chi connectivity index (χ0n) is 30.3. The molecule has 0 aliphatic rings. The molecule has 3 aromatic heterocycles. The van der Waals surface area contributed by atoms with Gasteiger partial charge in [0.2, 0.25) is 0 Å². The van der Waals surface area contributed by atoms with Gasteiger partial charge in [0, 0.05) is 39.0 Å². The molecule has 0 aliphatic heterocycles. The summed E-state index contributed by atoms with van der Waals surface area (Å²) in [5.74, 6) is 0.901. The molecule has 3 nitrogen and oxygen atoms in total. The van der Waals surface area contributed by atoms with E-state index in [1.807, 2.05) is 6.20 Å². The molecule has 54 heavy (non-hydrogen) atoms. The second kappa shape index (κ2) is 13.4. The van der Waals surface area contributed by atoms with Crippen molar-refractivity contribution in [2.45, 2.75) is 26.2 Å². The summed E-state index contributed by atoms with van der Waals surface area (Å²) in [6.07, 6.45) is 5.58. The Hall–Kier alpha value is -6.71. The van der Waals surface area contributed by atoms with Gasteiger partial charge in [-0.1, -0.05) is 123 Å². The van der Waals surface area contributed by atoms with Crippen molar-refractivity contribution in [2.75, 3.05) is 0 Å². The van der Waals surface area contributed by atoms with E-state index in [2.05, 4.69) is 192 Å². The number of nitrogens with zero attached hydrogens (tertiary/aromatic N) is 3. The molecule has 0 N–H and O–H groups in total. The van der Waals surface area contributed by atoms with E-state index in [1.165, 1.54) is 73.2 Å².